The molecule has 2 aliphatic heterocycles. The SMILES string of the molecule is CCS(=O)(=O)N1CCC([NH+]2C[C@@H](C)C[C@H](C)C2)CC1. The van der Waals surface area contributed by atoms with Crippen LogP contribution in [-0.4, -0.2) is 50.7 Å². The average molecular weight is 289 g/mol. The molecule has 0 radical (unpaired) electrons. The van der Waals surface area contributed by atoms with Crippen LogP contribution in [0.15, 0.2) is 0 Å². The molecule has 0 aromatic heterocycles. The summed E-state index contributed by atoms with van der Waals surface area (Å²) in [4.78, 5) is 1.72. The lowest BCUT2D eigenvalue weighted by molar-refractivity contribution is -0.938. The first-order valence-electron chi connectivity index (χ1n) is 7.74. The van der Waals surface area contributed by atoms with Gasteiger partial charge in [0.2, 0.25) is 10.0 Å². The summed E-state index contributed by atoms with van der Waals surface area (Å²) in [6, 6.07) is 0.675. The highest BCUT2D eigenvalue weighted by molar-refractivity contribution is 7.89. The molecule has 2 aliphatic rings. The molecule has 112 valence electrons. The zero-order valence-electron chi connectivity index (χ0n) is 12.6. The van der Waals surface area contributed by atoms with Gasteiger partial charge in [-0.1, -0.05) is 13.8 Å². The van der Waals surface area contributed by atoms with Gasteiger partial charge in [0.05, 0.1) is 24.9 Å². The number of nitrogens with one attached hydrogen (secondary N) is 1. The van der Waals surface area contributed by atoms with E-state index in [2.05, 4.69) is 13.8 Å². The average Bonchev–Trinajstić information content (AvgIpc) is 2.38. The van der Waals surface area contributed by atoms with Crippen LogP contribution in [0.25, 0.3) is 0 Å². The number of quaternary nitrogens is 1. The van der Waals surface area contributed by atoms with Crippen LogP contribution in [0.3, 0.4) is 0 Å². The molecule has 2 atom stereocenters. The normalized spacial score (nSPS) is 35.4. The van der Waals surface area contributed by atoms with Crippen molar-refractivity contribution in [3.63, 3.8) is 0 Å². The van der Waals surface area contributed by atoms with Crippen LogP contribution in [0.4, 0.5) is 0 Å². The Morgan fingerprint density at radius 3 is 2.11 bits per heavy atom. The van der Waals surface area contributed by atoms with Crippen molar-refractivity contribution >= 4 is 10.0 Å². The van der Waals surface area contributed by atoms with E-state index in [4.69, 9.17) is 0 Å². The van der Waals surface area contributed by atoms with Crippen molar-refractivity contribution in [2.45, 2.75) is 46.1 Å². The maximum atomic E-state index is 11.9. The van der Waals surface area contributed by atoms with E-state index in [1.807, 2.05) is 0 Å². The first-order chi connectivity index (χ1) is 8.92. The molecule has 4 nitrogen and oxygen atoms in total. The van der Waals surface area contributed by atoms with Crippen LogP contribution < -0.4 is 4.90 Å². The number of hydrogen-bond donors (Lipinski definition) is 1. The fourth-order valence-electron chi connectivity index (χ4n) is 3.89. The van der Waals surface area contributed by atoms with Gasteiger partial charge in [0.15, 0.2) is 0 Å². The lowest BCUT2D eigenvalue weighted by Gasteiger charge is -2.40. The van der Waals surface area contributed by atoms with E-state index in [0.717, 1.165) is 37.8 Å². The number of sulfonamides is 1. The van der Waals surface area contributed by atoms with Gasteiger partial charge >= 0.3 is 0 Å². The maximum Gasteiger partial charge on any atom is 0.213 e. The molecule has 2 fully saturated rings. The fourth-order valence-corrected chi connectivity index (χ4v) is 5.02. The van der Waals surface area contributed by atoms with E-state index >= 15 is 0 Å². The van der Waals surface area contributed by atoms with E-state index in [9.17, 15) is 8.42 Å². The van der Waals surface area contributed by atoms with E-state index in [-0.39, 0.29) is 5.75 Å². The fraction of sp³-hybridized carbons (Fsp3) is 1.00. The van der Waals surface area contributed by atoms with E-state index < -0.39 is 10.0 Å². The van der Waals surface area contributed by atoms with Gasteiger partial charge in [0.25, 0.3) is 0 Å². The summed E-state index contributed by atoms with van der Waals surface area (Å²) in [5.41, 5.74) is 0. The first kappa shape index (κ1) is 15.3. The smallest absolute Gasteiger partial charge is 0.213 e. The number of hydrogen-bond acceptors (Lipinski definition) is 2. The summed E-state index contributed by atoms with van der Waals surface area (Å²) in [5.74, 6) is 1.87. The van der Waals surface area contributed by atoms with Gasteiger partial charge in [-0.3, -0.25) is 0 Å². The van der Waals surface area contributed by atoms with Gasteiger partial charge in [-0.05, 0) is 13.3 Å². The molecule has 5 heteroatoms. The zero-order chi connectivity index (χ0) is 14.0. The predicted molar refractivity (Wildman–Crippen MR) is 77.7 cm³/mol. The Kier molecular flexibility index (Phi) is 4.90. The summed E-state index contributed by atoms with van der Waals surface area (Å²) < 4.78 is 25.4. The topological polar surface area (TPSA) is 41.8 Å². The number of nitrogens with zero attached hydrogens (tertiary/aromatic N) is 1. The van der Waals surface area contributed by atoms with Crippen molar-refractivity contribution in [2.24, 2.45) is 11.8 Å². The Balaban J connectivity index is 1.89. The molecule has 1 N–H and O–H groups in total. The molecule has 0 unspecified atom stereocenters. The van der Waals surface area contributed by atoms with Crippen molar-refractivity contribution in [3.8, 4) is 0 Å². The third-order valence-electron chi connectivity index (χ3n) is 4.82. The van der Waals surface area contributed by atoms with Gasteiger partial charge < -0.3 is 4.90 Å². The molecule has 0 aliphatic carbocycles. The standard InChI is InChI=1S/C14H28N2O2S/c1-4-19(17,18)16-7-5-14(6-8-16)15-10-12(2)9-13(3)11-15/h12-14H,4-11H2,1-3H3/p+1/t12-,13-/m0/s1. The molecular weight excluding hydrogens is 260 g/mol. The summed E-state index contributed by atoms with van der Waals surface area (Å²) in [6.45, 7) is 10.4. The number of likely N-dealkylation sites (tertiary alicyclic amines) is 1. The molecule has 0 amide bonds. The van der Waals surface area contributed by atoms with E-state index in [1.54, 1.807) is 16.1 Å². The molecule has 0 aromatic carbocycles. The summed E-state index contributed by atoms with van der Waals surface area (Å²) >= 11 is 0. The highest BCUT2D eigenvalue weighted by Crippen LogP contribution is 2.16. The Morgan fingerprint density at radius 2 is 1.63 bits per heavy atom. The Morgan fingerprint density at radius 1 is 1.11 bits per heavy atom. The van der Waals surface area contributed by atoms with Crippen molar-refractivity contribution in [3.05, 3.63) is 0 Å². The van der Waals surface area contributed by atoms with Gasteiger partial charge in [-0.2, -0.15) is 0 Å². The minimum atomic E-state index is -2.97. The van der Waals surface area contributed by atoms with Crippen LogP contribution in [-0.2, 0) is 10.0 Å². The summed E-state index contributed by atoms with van der Waals surface area (Å²) in [5, 5.41) is 0. The van der Waals surface area contributed by atoms with Crippen LogP contribution in [0.2, 0.25) is 0 Å². The Bertz CT molecular complexity index is 378. The van der Waals surface area contributed by atoms with Gasteiger partial charge in [0.1, 0.15) is 0 Å². The van der Waals surface area contributed by atoms with Crippen molar-refractivity contribution in [1.82, 2.24) is 4.31 Å². The molecule has 0 saturated carbocycles. The minimum Gasteiger partial charge on any atom is -0.332 e. The van der Waals surface area contributed by atoms with Crippen molar-refractivity contribution in [2.75, 3.05) is 31.9 Å². The van der Waals surface area contributed by atoms with Crippen LogP contribution in [0, 0.1) is 11.8 Å². The van der Waals surface area contributed by atoms with Gasteiger partial charge in [-0.15, -0.1) is 0 Å². The van der Waals surface area contributed by atoms with Crippen LogP contribution >= 0.6 is 0 Å². The largest absolute Gasteiger partial charge is 0.332 e. The zero-order valence-corrected chi connectivity index (χ0v) is 13.4. The van der Waals surface area contributed by atoms with Crippen LogP contribution in [0.1, 0.15) is 40.0 Å². The first-order valence-corrected chi connectivity index (χ1v) is 9.35. The van der Waals surface area contributed by atoms with Gasteiger partial charge in [0, 0.05) is 37.8 Å². The second-order valence-electron chi connectivity index (χ2n) is 6.59. The molecule has 2 heterocycles. The molecule has 0 bridgehead atoms. The van der Waals surface area contributed by atoms with E-state index in [1.165, 1.54) is 19.5 Å². The molecular formula is C14H29N2O2S+. The second-order valence-corrected chi connectivity index (χ2v) is 8.84. The van der Waals surface area contributed by atoms with Crippen molar-refractivity contribution < 1.29 is 13.3 Å². The summed E-state index contributed by atoms with van der Waals surface area (Å²) in [6.07, 6.45) is 3.43. The minimum absolute atomic E-state index is 0.238. The summed E-state index contributed by atoms with van der Waals surface area (Å²) in [7, 11) is -2.97. The predicted octanol–water partition coefficient (Wildman–Crippen LogP) is 0.361. The number of rotatable bonds is 3. The highest BCUT2D eigenvalue weighted by Gasteiger charge is 2.35. The van der Waals surface area contributed by atoms with Crippen molar-refractivity contribution in [1.29, 1.82) is 0 Å². The molecule has 0 spiro atoms. The highest BCUT2D eigenvalue weighted by atomic mass is 32.2. The second kappa shape index (κ2) is 6.10. The third kappa shape index (κ3) is 3.70. The molecule has 2 rings (SSSR count). The Labute approximate surface area is 118 Å². The maximum absolute atomic E-state index is 11.9. The third-order valence-corrected chi connectivity index (χ3v) is 6.70. The molecule has 2 saturated heterocycles. The Hall–Kier alpha value is -0.130. The van der Waals surface area contributed by atoms with Gasteiger partial charge in [-0.25, -0.2) is 12.7 Å². The van der Waals surface area contributed by atoms with Crippen LogP contribution in [0.5, 0.6) is 0 Å². The molecule has 19 heavy (non-hydrogen) atoms. The monoisotopic (exact) mass is 289 g/mol. The number of piperidine rings is 2. The quantitative estimate of drug-likeness (QED) is 0.815. The van der Waals surface area contributed by atoms with E-state index in [0.29, 0.717) is 6.04 Å². The lowest BCUT2D eigenvalue weighted by Crippen LogP contribution is -3.18. The molecule has 0 aromatic rings. The lowest BCUT2D eigenvalue weighted by atomic mass is 9.89.